The molecule has 1 N–H and O–H groups in total. The maximum absolute atomic E-state index is 15.0. The summed E-state index contributed by atoms with van der Waals surface area (Å²) in [5.41, 5.74) is 2.90. The molecule has 1 amide bonds. The molecule has 0 radical (unpaired) electrons. The molecule has 0 saturated carbocycles. The normalized spacial score (nSPS) is 15.6. The number of allylic oxidation sites excluding steroid dienone is 1. The largest absolute Gasteiger partial charge is 0.503 e. The zero-order chi connectivity index (χ0) is 26.6. The van der Waals surface area contributed by atoms with Gasteiger partial charge in [0.25, 0.3) is 5.91 Å². The average Bonchev–Trinajstić information content (AvgIpc) is 3.50. The second-order valence-electron chi connectivity index (χ2n) is 8.59. The lowest BCUT2D eigenvalue weighted by Crippen LogP contribution is -2.31. The number of aromatic nitrogens is 2. The predicted octanol–water partition coefficient (Wildman–Crippen LogP) is 6.46. The van der Waals surface area contributed by atoms with Crippen LogP contribution in [0.15, 0.2) is 101 Å². The van der Waals surface area contributed by atoms with Crippen molar-refractivity contribution in [2.45, 2.75) is 23.1 Å². The van der Waals surface area contributed by atoms with Crippen molar-refractivity contribution in [3.8, 4) is 0 Å². The second-order valence-corrected chi connectivity index (χ2v) is 10.8. The monoisotopic (exact) mass is 543 g/mol. The Morgan fingerprint density at radius 2 is 1.76 bits per heavy atom. The molecule has 5 rings (SSSR count). The van der Waals surface area contributed by atoms with E-state index in [-0.39, 0.29) is 16.3 Å². The number of hydrogen-bond donors (Lipinski definition) is 1. The minimum Gasteiger partial charge on any atom is -0.503 e. The Labute approximate surface area is 227 Å². The number of anilines is 1. The molecular weight excluding hydrogens is 521 g/mol. The van der Waals surface area contributed by atoms with E-state index in [4.69, 9.17) is 0 Å². The van der Waals surface area contributed by atoms with E-state index in [1.807, 2.05) is 61.5 Å². The van der Waals surface area contributed by atoms with Crippen molar-refractivity contribution in [1.29, 1.82) is 0 Å². The molecular formula is C29H22FN3O3S2. The summed E-state index contributed by atoms with van der Waals surface area (Å²) < 4.78 is 15.6. The number of carbonyl (C=O) groups excluding carboxylic acids is 2. The fraction of sp³-hybridized carbons (Fsp3) is 0.103. The van der Waals surface area contributed by atoms with Crippen LogP contribution in [-0.4, -0.2) is 27.0 Å². The third kappa shape index (κ3) is 5.29. The summed E-state index contributed by atoms with van der Waals surface area (Å²) in [5, 5.41) is 19.3. The molecule has 1 unspecified atom stereocenters. The topological polar surface area (TPSA) is 83.4 Å². The summed E-state index contributed by atoms with van der Waals surface area (Å²) in [6.07, 6.45) is 2.85. The van der Waals surface area contributed by atoms with Crippen LogP contribution < -0.4 is 4.90 Å². The number of carbonyl (C=O) groups is 2. The number of hydrogen-bond acceptors (Lipinski definition) is 7. The highest BCUT2D eigenvalue weighted by Gasteiger charge is 2.46. The smallest absolute Gasteiger partial charge is 0.296 e. The number of rotatable bonds is 8. The molecule has 2 heterocycles. The van der Waals surface area contributed by atoms with Crippen molar-refractivity contribution in [1.82, 2.24) is 10.2 Å². The summed E-state index contributed by atoms with van der Waals surface area (Å²) >= 11 is 2.60. The maximum Gasteiger partial charge on any atom is 0.296 e. The lowest BCUT2D eigenvalue weighted by Gasteiger charge is -2.24. The van der Waals surface area contributed by atoms with Crippen molar-refractivity contribution < 1.29 is 19.1 Å². The van der Waals surface area contributed by atoms with Gasteiger partial charge >= 0.3 is 0 Å². The maximum atomic E-state index is 15.0. The highest BCUT2D eigenvalue weighted by molar-refractivity contribution is 8.00. The minimum absolute atomic E-state index is 0.0745. The van der Waals surface area contributed by atoms with Crippen molar-refractivity contribution >= 4 is 46.0 Å². The molecule has 1 aromatic heterocycles. The number of aliphatic hydroxyl groups excluding tert-OH is 1. The Bertz CT molecular complexity index is 1550. The van der Waals surface area contributed by atoms with E-state index in [1.54, 1.807) is 12.1 Å². The van der Waals surface area contributed by atoms with E-state index in [0.717, 1.165) is 27.4 Å². The summed E-state index contributed by atoms with van der Waals surface area (Å²) in [5.74, 6) is -2.13. The van der Waals surface area contributed by atoms with Gasteiger partial charge < -0.3 is 5.11 Å². The van der Waals surface area contributed by atoms with Crippen molar-refractivity contribution in [2.75, 3.05) is 4.90 Å². The average molecular weight is 544 g/mol. The first-order valence-electron chi connectivity index (χ1n) is 11.7. The van der Waals surface area contributed by atoms with Crippen LogP contribution in [0.1, 0.15) is 28.3 Å². The minimum atomic E-state index is -1.19. The van der Waals surface area contributed by atoms with Crippen LogP contribution in [0.2, 0.25) is 0 Å². The molecule has 3 aromatic carbocycles. The van der Waals surface area contributed by atoms with E-state index >= 15 is 4.39 Å². The van der Waals surface area contributed by atoms with Crippen LogP contribution in [0.25, 0.3) is 6.08 Å². The van der Waals surface area contributed by atoms with Crippen LogP contribution in [0.3, 0.4) is 0 Å². The fourth-order valence-electron chi connectivity index (χ4n) is 4.06. The second kappa shape index (κ2) is 11.1. The van der Waals surface area contributed by atoms with Gasteiger partial charge in [0.2, 0.25) is 5.13 Å². The van der Waals surface area contributed by atoms with E-state index in [0.29, 0.717) is 10.1 Å². The highest BCUT2D eigenvalue weighted by atomic mass is 32.2. The molecule has 0 saturated heterocycles. The Morgan fingerprint density at radius 3 is 2.50 bits per heavy atom. The fourth-order valence-corrected chi connectivity index (χ4v) is 5.88. The molecule has 190 valence electrons. The van der Waals surface area contributed by atoms with Gasteiger partial charge in [-0.25, -0.2) is 4.39 Å². The van der Waals surface area contributed by atoms with E-state index in [1.165, 1.54) is 41.6 Å². The molecule has 38 heavy (non-hydrogen) atoms. The van der Waals surface area contributed by atoms with Gasteiger partial charge in [0.05, 0.1) is 5.57 Å². The van der Waals surface area contributed by atoms with E-state index in [2.05, 4.69) is 10.2 Å². The third-order valence-corrected chi connectivity index (χ3v) is 8.11. The van der Waals surface area contributed by atoms with Crippen molar-refractivity contribution in [2.24, 2.45) is 0 Å². The molecule has 1 aliphatic heterocycles. The molecule has 0 bridgehead atoms. The highest BCUT2D eigenvalue weighted by Crippen LogP contribution is 2.44. The van der Waals surface area contributed by atoms with Crippen LogP contribution in [0, 0.1) is 12.7 Å². The van der Waals surface area contributed by atoms with Crippen molar-refractivity contribution in [3.05, 3.63) is 124 Å². The number of thioether (sulfide) groups is 1. The standard InChI is InChI=1S/C29H22FN3O3S2/c1-18-11-13-20(14-12-18)17-37-29-32-31-28(38-29)33-25(21-9-5-6-10-22(21)30)24(26(35)27(33)36)23(34)16-15-19-7-3-2-4-8-19/h2-16,25,35H,17H2,1H3. The molecule has 0 aliphatic carbocycles. The zero-order valence-corrected chi connectivity index (χ0v) is 21.9. The van der Waals surface area contributed by atoms with Crippen molar-refractivity contribution in [3.63, 3.8) is 0 Å². The Morgan fingerprint density at radius 1 is 1.05 bits per heavy atom. The first kappa shape index (κ1) is 25.6. The van der Waals surface area contributed by atoms with Gasteiger partial charge in [0.1, 0.15) is 11.9 Å². The summed E-state index contributed by atoms with van der Waals surface area (Å²) in [6.45, 7) is 2.02. The van der Waals surface area contributed by atoms with Gasteiger partial charge in [-0.05, 0) is 30.2 Å². The molecule has 9 heteroatoms. The summed E-state index contributed by atoms with van der Waals surface area (Å²) in [7, 11) is 0. The zero-order valence-electron chi connectivity index (χ0n) is 20.2. The van der Waals surface area contributed by atoms with Gasteiger partial charge in [-0.15, -0.1) is 10.2 Å². The number of benzene rings is 3. The van der Waals surface area contributed by atoms with Gasteiger partial charge in [-0.2, -0.15) is 0 Å². The van der Waals surface area contributed by atoms with E-state index in [9.17, 15) is 14.7 Å². The Balaban J connectivity index is 1.46. The number of ketones is 1. The molecule has 1 aliphatic rings. The molecule has 0 spiro atoms. The molecule has 0 fully saturated rings. The number of aliphatic hydroxyl groups is 1. The third-order valence-electron chi connectivity index (χ3n) is 5.98. The summed E-state index contributed by atoms with van der Waals surface area (Å²) in [4.78, 5) is 27.7. The lowest BCUT2D eigenvalue weighted by molar-refractivity contribution is -0.117. The van der Waals surface area contributed by atoms with Gasteiger partial charge in [0, 0.05) is 11.3 Å². The van der Waals surface area contributed by atoms with Crippen LogP contribution in [-0.2, 0) is 15.3 Å². The lowest BCUT2D eigenvalue weighted by atomic mass is 9.95. The number of halogens is 1. The van der Waals surface area contributed by atoms with E-state index < -0.39 is 29.3 Å². The summed E-state index contributed by atoms with van der Waals surface area (Å²) in [6, 6.07) is 21.9. The quantitative estimate of drug-likeness (QED) is 0.156. The van der Waals surface area contributed by atoms with Crippen LogP contribution >= 0.6 is 23.1 Å². The van der Waals surface area contributed by atoms with Gasteiger partial charge in [-0.3, -0.25) is 14.5 Å². The first-order chi connectivity index (χ1) is 18.4. The number of amides is 1. The molecule has 6 nitrogen and oxygen atoms in total. The van der Waals surface area contributed by atoms with Gasteiger partial charge in [0.15, 0.2) is 15.9 Å². The SMILES string of the molecule is Cc1ccc(CSc2nnc(N3C(=O)C(O)=C(C(=O)C=Cc4ccccc4)C3c3ccccc3F)s2)cc1. The van der Waals surface area contributed by atoms with Crippen LogP contribution in [0.5, 0.6) is 0 Å². The number of nitrogens with zero attached hydrogens (tertiary/aromatic N) is 3. The van der Waals surface area contributed by atoms with Gasteiger partial charge in [-0.1, -0.05) is 108 Å². The van der Waals surface area contributed by atoms with Crippen LogP contribution in [0.4, 0.5) is 9.52 Å². The predicted molar refractivity (Wildman–Crippen MR) is 147 cm³/mol. The molecule has 1 atom stereocenters. The molecule has 4 aromatic rings. The number of aryl methyl sites for hydroxylation is 1. The first-order valence-corrected chi connectivity index (χ1v) is 13.5. The Hall–Kier alpha value is -4.08. The Kier molecular flexibility index (Phi) is 7.48.